The molecule has 0 aromatic carbocycles. The molecule has 0 fully saturated rings. The molecule has 0 spiro atoms. The van der Waals surface area contributed by atoms with Crippen molar-refractivity contribution < 1.29 is 4.79 Å². The molecule has 7 nitrogen and oxygen atoms in total. The number of aromatic amines is 2. The molecule has 1 amide bonds. The molecule has 1 aliphatic rings. The molecule has 2 aromatic rings. The van der Waals surface area contributed by atoms with Crippen molar-refractivity contribution in [3.63, 3.8) is 0 Å². The van der Waals surface area contributed by atoms with E-state index in [4.69, 9.17) is 0 Å². The molecule has 1 aliphatic heterocycles. The molecule has 2 aromatic heterocycles. The lowest BCUT2D eigenvalue weighted by atomic mass is 10.1. The average molecular weight is 278 g/mol. The number of aromatic nitrogens is 3. The van der Waals surface area contributed by atoms with Gasteiger partial charge in [-0.1, -0.05) is 0 Å². The van der Waals surface area contributed by atoms with Crippen LogP contribution in [0.3, 0.4) is 0 Å². The van der Waals surface area contributed by atoms with Gasteiger partial charge in [-0.05, 0) is 23.4 Å². The summed E-state index contributed by atoms with van der Waals surface area (Å²) in [6.45, 7) is 1.02. The minimum atomic E-state index is -0.759. The van der Waals surface area contributed by atoms with Gasteiger partial charge in [0.05, 0.1) is 6.54 Å². The van der Waals surface area contributed by atoms with Crippen LogP contribution in [-0.2, 0) is 13.0 Å². The van der Waals surface area contributed by atoms with E-state index in [-0.39, 0.29) is 5.69 Å². The number of carbonyl (C=O) groups excluding carboxylic acids is 1. The summed E-state index contributed by atoms with van der Waals surface area (Å²) in [6.07, 6.45) is 0.770. The van der Waals surface area contributed by atoms with Gasteiger partial charge in [-0.2, -0.15) is 5.10 Å². The number of amides is 1. The van der Waals surface area contributed by atoms with E-state index in [1.165, 1.54) is 5.56 Å². The summed E-state index contributed by atoms with van der Waals surface area (Å²) in [4.78, 5) is 39.3. The number of fused-ring (bicyclic) bond motifs is 1. The molecule has 0 bridgehead atoms. The molecule has 0 aliphatic carbocycles. The zero-order valence-electron chi connectivity index (χ0n) is 9.80. The van der Waals surface area contributed by atoms with Crippen LogP contribution in [0.15, 0.2) is 21.0 Å². The highest BCUT2D eigenvalue weighted by Crippen LogP contribution is 2.24. The molecule has 0 atom stereocenters. The van der Waals surface area contributed by atoms with Crippen LogP contribution in [-0.4, -0.2) is 32.5 Å². The topological polar surface area (TPSA) is 98.9 Å². The predicted octanol–water partition coefficient (Wildman–Crippen LogP) is -0.282. The van der Waals surface area contributed by atoms with E-state index in [0.29, 0.717) is 13.1 Å². The number of carbonyl (C=O) groups is 1. The Morgan fingerprint density at radius 1 is 1.42 bits per heavy atom. The largest absolute Gasteiger partial charge is 0.342 e. The van der Waals surface area contributed by atoms with Gasteiger partial charge < -0.3 is 4.90 Å². The standard InChI is InChI=1S/C11H10N4O3S/c16-9-8(13-14-11(18)12-9)10(17)15-3-1-6-2-4-19-7(6)5-15/h2,4H,1,3,5H2,(H2,12,14,16,18). The highest BCUT2D eigenvalue weighted by molar-refractivity contribution is 7.10. The first-order chi connectivity index (χ1) is 9.15. The van der Waals surface area contributed by atoms with Gasteiger partial charge in [0.15, 0.2) is 0 Å². The third kappa shape index (κ3) is 2.10. The molecule has 8 heteroatoms. The number of hydrogen-bond donors (Lipinski definition) is 2. The van der Waals surface area contributed by atoms with Crippen molar-refractivity contribution in [2.24, 2.45) is 0 Å². The second kappa shape index (κ2) is 4.47. The van der Waals surface area contributed by atoms with E-state index in [2.05, 4.69) is 10.2 Å². The van der Waals surface area contributed by atoms with Crippen LogP contribution in [0.5, 0.6) is 0 Å². The van der Waals surface area contributed by atoms with Gasteiger partial charge in [-0.3, -0.25) is 14.6 Å². The van der Waals surface area contributed by atoms with Gasteiger partial charge in [0.25, 0.3) is 11.5 Å². The second-order valence-corrected chi connectivity index (χ2v) is 5.20. The molecule has 0 unspecified atom stereocenters. The Morgan fingerprint density at radius 2 is 2.26 bits per heavy atom. The van der Waals surface area contributed by atoms with E-state index in [0.717, 1.165) is 11.3 Å². The minimum Gasteiger partial charge on any atom is -0.332 e. The summed E-state index contributed by atoms with van der Waals surface area (Å²) in [6, 6.07) is 2.05. The van der Waals surface area contributed by atoms with Crippen molar-refractivity contribution in [2.45, 2.75) is 13.0 Å². The fourth-order valence-electron chi connectivity index (χ4n) is 2.05. The van der Waals surface area contributed by atoms with Crippen molar-refractivity contribution in [3.8, 4) is 0 Å². The third-order valence-electron chi connectivity index (χ3n) is 3.02. The van der Waals surface area contributed by atoms with Crippen LogP contribution in [0, 0.1) is 0 Å². The van der Waals surface area contributed by atoms with E-state index >= 15 is 0 Å². The molecule has 3 rings (SSSR count). The van der Waals surface area contributed by atoms with Gasteiger partial charge in [0.2, 0.25) is 5.69 Å². The van der Waals surface area contributed by atoms with Gasteiger partial charge in [-0.15, -0.1) is 11.3 Å². The smallest absolute Gasteiger partial charge is 0.332 e. The summed E-state index contributed by atoms with van der Waals surface area (Å²) in [5, 5.41) is 7.59. The van der Waals surface area contributed by atoms with Crippen molar-refractivity contribution in [1.29, 1.82) is 0 Å². The molecular formula is C11H10N4O3S. The van der Waals surface area contributed by atoms with Crippen molar-refractivity contribution in [1.82, 2.24) is 20.1 Å². The number of rotatable bonds is 1. The van der Waals surface area contributed by atoms with E-state index in [1.807, 2.05) is 16.4 Å². The Bertz CT molecular complexity index is 745. The highest BCUT2D eigenvalue weighted by atomic mass is 32.1. The van der Waals surface area contributed by atoms with Gasteiger partial charge >= 0.3 is 5.69 Å². The fraction of sp³-hybridized carbons (Fsp3) is 0.273. The Labute approximate surface area is 110 Å². The quantitative estimate of drug-likeness (QED) is 0.749. The number of hydrogen-bond acceptors (Lipinski definition) is 5. The van der Waals surface area contributed by atoms with Gasteiger partial charge in [-0.25, -0.2) is 9.89 Å². The van der Waals surface area contributed by atoms with E-state index < -0.39 is 17.2 Å². The maximum absolute atomic E-state index is 12.2. The van der Waals surface area contributed by atoms with E-state index in [1.54, 1.807) is 16.2 Å². The summed E-state index contributed by atoms with van der Waals surface area (Å²) in [5.41, 5.74) is -0.511. The first kappa shape index (κ1) is 11.8. The predicted molar refractivity (Wildman–Crippen MR) is 68.2 cm³/mol. The lowest BCUT2D eigenvalue weighted by molar-refractivity contribution is 0.0727. The number of nitrogens with zero attached hydrogens (tertiary/aromatic N) is 2. The number of nitrogens with one attached hydrogen (secondary N) is 2. The third-order valence-corrected chi connectivity index (χ3v) is 3.97. The zero-order chi connectivity index (χ0) is 13.4. The van der Waals surface area contributed by atoms with Crippen LogP contribution < -0.4 is 11.2 Å². The molecular weight excluding hydrogens is 268 g/mol. The summed E-state index contributed by atoms with van der Waals surface area (Å²) in [5.74, 6) is -0.462. The molecule has 0 saturated heterocycles. The Morgan fingerprint density at radius 3 is 3.05 bits per heavy atom. The maximum Gasteiger partial charge on any atom is 0.342 e. The van der Waals surface area contributed by atoms with Crippen molar-refractivity contribution in [2.75, 3.05) is 6.54 Å². The number of thiophene rings is 1. The highest BCUT2D eigenvalue weighted by Gasteiger charge is 2.25. The Balaban J connectivity index is 1.89. The first-order valence-electron chi connectivity index (χ1n) is 5.68. The zero-order valence-corrected chi connectivity index (χ0v) is 10.6. The minimum absolute atomic E-state index is 0.278. The van der Waals surface area contributed by atoms with Crippen molar-refractivity contribution in [3.05, 3.63) is 48.4 Å². The second-order valence-electron chi connectivity index (χ2n) is 4.20. The normalized spacial score (nSPS) is 14.2. The maximum atomic E-state index is 12.2. The van der Waals surface area contributed by atoms with Crippen LogP contribution in [0.4, 0.5) is 0 Å². The van der Waals surface area contributed by atoms with Crippen molar-refractivity contribution >= 4 is 17.2 Å². The Kier molecular flexibility index (Phi) is 2.79. The summed E-state index contributed by atoms with van der Waals surface area (Å²) < 4.78 is 0. The lowest BCUT2D eigenvalue weighted by Gasteiger charge is -2.26. The van der Waals surface area contributed by atoms with Crippen LogP contribution in [0.25, 0.3) is 0 Å². The fourth-order valence-corrected chi connectivity index (χ4v) is 3.00. The molecule has 98 valence electrons. The molecule has 2 N–H and O–H groups in total. The van der Waals surface area contributed by atoms with Gasteiger partial charge in [0.1, 0.15) is 0 Å². The monoisotopic (exact) mass is 278 g/mol. The summed E-state index contributed by atoms with van der Waals surface area (Å²) in [7, 11) is 0. The van der Waals surface area contributed by atoms with Crippen LogP contribution >= 0.6 is 11.3 Å². The SMILES string of the molecule is O=C(c1n[nH]c(=O)[nH]c1=O)N1CCc2ccsc2C1. The molecule has 0 radical (unpaired) electrons. The van der Waals surface area contributed by atoms with Crippen LogP contribution in [0.1, 0.15) is 20.9 Å². The summed E-state index contributed by atoms with van der Waals surface area (Å²) >= 11 is 1.59. The molecule has 19 heavy (non-hydrogen) atoms. The number of H-pyrrole nitrogens is 2. The lowest BCUT2D eigenvalue weighted by Crippen LogP contribution is -2.40. The first-order valence-corrected chi connectivity index (χ1v) is 6.56. The van der Waals surface area contributed by atoms with E-state index in [9.17, 15) is 14.4 Å². The Hall–Kier alpha value is -2.22. The average Bonchev–Trinajstić information content (AvgIpc) is 2.85. The van der Waals surface area contributed by atoms with Gasteiger partial charge in [0, 0.05) is 11.4 Å². The molecule has 3 heterocycles. The van der Waals surface area contributed by atoms with Crippen LogP contribution in [0.2, 0.25) is 0 Å². The molecule has 0 saturated carbocycles.